The second kappa shape index (κ2) is 9.45. The number of para-hydroxylation sites is 1. The highest BCUT2D eigenvalue weighted by Crippen LogP contribution is 2.27. The zero-order valence-corrected chi connectivity index (χ0v) is 17.6. The highest BCUT2D eigenvalue weighted by molar-refractivity contribution is 5.78. The fraction of sp³-hybridized carbons (Fsp3) is 0.480. The van der Waals surface area contributed by atoms with E-state index in [0.29, 0.717) is 0 Å². The van der Waals surface area contributed by atoms with Crippen LogP contribution >= 0.6 is 0 Å². The van der Waals surface area contributed by atoms with Crippen LogP contribution in [-0.2, 0) is 17.8 Å². The van der Waals surface area contributed by atoms with Gasteiger partial charge >= 0.3 is 0 Å². The summed E-state index contributed by atoms with van der Waals surface area (Å²) in [4.78, 5) is 17.5. The predicted octanol–water partition coefficient (Wildman–Crippen LogP) is 3.78. The van der Waals surface area contributed by atoms with Gasteiger partial charge in [0.15, 0.2) is 0 Å². The number of benzene rings is 2. The monoisotopic (exact) mass is 391 g/mol. The number of piperidine rings is 1. The van der Waals surface area contributed by atoms with Crippen molar-refractivity contribution in [2.75, 3.05) is 37.6 Å². The van der Waals surface area contributed by atoms with E-state index < -0.39 is 0 Å². The highest BCUT2D eigenvalue weighted by atomic mass is 16.1. The fourth-order valence-corrected chi connectivity index (χ4v) is 4.65. The van der Waals surface area contributed by atoms with E-state index in [4.69, 9.17) is 0 Å². The zero-order valence-electron chi connectivity index (χ0n) is 17.6. The molecule has 4 rings (SSSR count). The summed E-state index contributed by atoms with van der Waals surface area (Å²) in [5.41, 5.74) is 5.58. The SMILES string of the molecule is Cc1ccccc1CN1CCC(C(=O)NCCCN2CCc3ccccc32)CC1. The number of amides is 1. The molecule has 0 bridgehead atoms. The molecule has 0 aromatic heterocycles. The van der Waals surface area contributed by atoms with Gasteiger partial charge in [0, 0.05) is 37.8 Å². The van der Waals surface area contributed by atoms with Crippen LogP contribution in [0.3, 0.4) is 0 Å². The van der Waals surface area contributed by atoms with Gasteiger partial charge in [0.2, 0.25) is 5.91 Å². The summed E-state index contributed by atoms with van der Waals surface area (Å²) in [5, 5.41) is 3.19. The number of carbonyl (C=O) groups is 1. The van der Waals surface area contributed by atoms with Crippen molar-refractivity contribution in [3.63, 3.8) is 0 Å². The molecule has 2 aromatic rings. The van der Waals surface area contributed by atoms with E-state index in [1.54, 1.807) is 0 Å². The molecule has 1 N–H and O–H groups in total. The van der Waals surface area contributed by atoms with Crippen molar-refractivity contribution in [2.45, 2.75) is 39.2 Å². The molecule has 2 aliphatic heterocycles. The average molecular weight is 392 g/mol. The van der Waals surface area contributed by atoms with Crippen LogP contribution in [0.1, 0.15) is 36.0 Å². The standard InChI is InChI=1S/C25H33N3O/c1-20-7-2-3-9-23(20)19-27-16-11-22(12-17-27)25(29)26-14-6-15-28-18-13-21-8-4-5-10-24(21)28/h2-5,7-10,22H,6,11-19H2,1H3,(H,26,29). The fourth-order valence-electron chi connectivity index (χ4n) is 4.65. The molecule has 154 valence electrons. The largest absolute Gasteiger partial charge is 0.371 e. The Labute approximate surface area is 174 Å². The molecule has 0 unspecified atom stereocenters. The Kier molecular flexibility index (Phi) is 6.50. The maximum Gasteiger partial charge on any atom is 0.223 e. The molecule has 2 aliphatic rings. The van der Waals surface area contributed by atoms with Gasteiger partial charge in [0.1, 0.15) is 0 Å². The number of aryl methyl sites for hydroxylation is 1. The summed E-state index contributed by atoms with van der Waals surface area (Å²) in [5.74, 6) is 0.429. The van der Waals surface area contributed by atoms with Crippen LogP contribution in [0.25, 0.3) is 0 Å². The molecule has 2 aromatic carbocycles. The minimum Gasteiger partial charge on any atom is -0.371 e. The van der Waals surface area contributed by atoms with Crippen molar-refractivity contribution >= 4 is 11.6 Å². The second-order valence-electron chi connectivity index (χ2n) is 8.49. The molecule has 0 saturated carbocycles. The molecule has 0 aliphatic carbocycles. The Morgan fingerprint density at radius 2 is 1.79 bits per heavy atom. The molecular formula is C25H33N3O. The van der Waals surface area contributed by atoms with Crippen LogP contribution in [-0.4, -0.2) is 43.5 Å². The van der Waals surface area contributed by atoms with Gasteiger partial charge in [0.05, 0.1) is 0 Å². The van der Waals surface area contributed by atoms with E-state index >= 15 is 0 Å². The quantitative estimate of drug-likeness (QED) is 0.730. The zero-order chi connectivity index (χ0) is 20.1. The lowest BCUT2D eigenvalue weighted by Crippen LogP contribution is -2.40. The van der Waals surface area contributed by atoms with Crippen molar-refractivity contribution in [1.29, 1.82) is 0 Å². The Morgan fingerprint density at radius 1 is 1.03 bits per heavy atom. The Balaban J connectivity index is 1.15. The molecule has 29 heavy (non-hydrogen) atoms. The van der Waals surface area contributed by atoms with Crippen LogP contribution in [0.15, 0.2) is 48.5 Å². The van der Waals surface area contributed by atoms with E-state index in [0.717, 1.165) is 65.0 Å². The van der Waals surface area contributed by atoms with E-state index in [-0.39, 0.29) is 11.8 Å². The molecule has 4 nitrogen and oxygen atoms in total. The molecule has 0 radical (unpaired) electrons. The van der Waals surface area contributed by atoms with Crippen LogP contribution < -0.4 is 10.2 Å². The number of carbonyl (C=O) groups excluding carboxylic acids is 1. The minimum atomic E-state index is 0.177. The first-order valence-electron chi connectivity index (χ1n) is 11.1. The summed E-state index contributed by atoms with van der Waals surface area (Å²) in [6.07, 6.45) is 4.09. The number of rotatable bonds is 7. The third-order valence-electron chi connectivity index (χ3n) is 6.50. The van der Waals surface area contributed by atoms with Crippen molar-refractivity contribution in [3.8, 4) is 0 Å². The van der Waals surface area contributed by atoms with E-state index in [1.807, 2.05) is 0 Å². The van der Waals surface area contributed by atoms with Gasteiger partial charge in [-0.2, -0.15) is 0 Å². The van der Waals surface area contributed by atoms with Gasteiger partial charge in [-0.1, -0.05) is 42.5 Å². The van der Waals surface area contributed by atoms with Gasteiger partial charge in [-0.05, 0) is 68.5 Å². The maximum absolute atomic E-state index is 12.6. The van der Waals surface area contributed by atoms with Crippen molar-refractivity contribution in [2.24, 2.45) is 5.92 Å². The van der Waals surface area contributed by atoms with Crippen LogP contribution in [0, 0.1) is 12.8 Å². The van der Waals surface area contributed by atoms with Crippen molar-refractivity contribution < 1.29 is 4.79 Å². The van der Waals surface area contributed by atoms with Crippen LogP contribution in [0.2, 0.25) is 0 Å². The number of anilines is 1. The topological polar surface area (TPSA) is 35.6 Å². The number of hydrogen-bond acceptors (Lipinski definition) is 3. The Morgan fingerprint density at radius 3 is 2.62 bits per heavy atom. The van der Waals surface area contributed by atoms with Crippen LogP contribution in [0.5, 0.6) is 0 Å². The molecule has 2 heterocycles. The smallest absolute Gasteiger partial charge is 0.223 e. The van der Waals surface area contributed by atoms with E-state index in [9.17, 15) is 4.79 Å². The molecule has 1 amide bonds. The molecule has 0 spiro atoms. The van der Waals surface area contributed by atoms with Crippen LogP contribution in [0.4, 0.5) is 5.69 Å². The first-order valence-corrected chi connectivity index (χ1v) is 11.1. The van der Waals surface area contributed by atoms with Crippen molar-refractivity contribution in [1.82, 2.24) is 10.2 Å². The van der Waals surface area contributed by atoms with Gasteiger partial charge in [-0.15, -0.1) is 0 Å². The average Bonchev–Trinajstić information content (AvgIpc) is 3.16. The maximum atomic E-state index is 12.6. The lowest BCUT2D eigenvalue weighted by molar-refractivity contribution is -0.126. The third-order valence-corrected chi connectivity index (χ3v) is 6.50. The normalized spacial score (nSPS) is 17.3. The Bertz CT molecular complexity index is 826. The molecule has 0 atom stereocenters. The number of fused-ring (bicyclic) bond motifs is 1. The van der Waals surface area contributed by atoms with Crippen molar-refractivity contribution in [3.05, 3.63) is 65.2 Å². The van der Waals surface area contributed by atoms with Gasteiger partial charge in [-0.3, -0.25) is 9.69 Å². The highest BCUT2D eigenvalue weighted by Gasteiger charge is 2.25. The lowest BCUT2D eigenvalue weighted by atomic mass is 9.95. The van der Waals surface area contributed by atoms with Gasteiger partial charge in [0.25, 0.3) is 0 Å². The molecular weight excluding hydrogens is 358 g/mol. The summed E-state index contributed by atoms with van der Waals surface area (Å²) < 4.78 is 0. The lowest BCUT2D eigenvalue weighted by Gasteiger charge is -2.31. The number of nitrogens with zero attached hydrogens (tertiary/aromatic N) is 2. The summed E-state index contributed by atoms with van der Waals surface area (Å²) in [7, 11) is 0. The van der Waals surface area contributed by atoms with Gasteiger partial charge in [-0.25, -0.2) is 0 Å². The number of nitrogens with one attached hydrogen (secondary N) is 1. The molecule has 4 heteroatoms. The van der Waals surface area contributed by atoms with Gasteiger partial charge < -0.3 is 10.2 Å². The third kappa shape index (κ3) is 4.99. The number of hydrogen-bond donors (Lipinski definition) is 1. The minimum absolute atomic E-state index is 0.177. The first kappa shape index (κ1) is 20.0. The summed E-state index contributed by atoms with van der Waals surface area (Å²) >= 11 is 0. The summed E-state index contributed by atoms with van der Waals surface area (Å²) in [6.45, 7) is 8.10. The molecule has 1 fully saturated rings. The van der Waals surface area contributed by atoms with E-state index in [1.165, 1.54) is 22.4 Å². The molecule has 1 saturated heterocycles. The van der Waals surface area contributed by atoms with E-state index in [2.05, 4.69) is 70.6 Å². The first-order chi connectivity index (χ1) is 14.2. The number of likely N-dealkylation sites (tertiary alicyclic amines) is 1. The second-order valence-corrected chi connectivity index (χ2v) is 8.49. The Hall–Kier alpha value is -2.33. The summed E-state index contributed by atoms with van der Waals surface area (Å²) in [6, 6.07) is 17.3. The predicted molar refractivity (Wildman–Crippen MR) is 119 cm³/mol.